The summed E-state index contributed by atoms with van der Waals surface area (Å²) >= 11 is 0. The van der Waals surface area contributed by atoms with Crippen LogP contribution in [0.15, 0.2) is 84.9 Å². The molecule has 0 heterocycles. The first-order valence-corrected chi connectivity index (χ1v) is 8.84. The smallest absolute Gasteiger partial charge is 0.339 e. The van der Waals surface area contributed by atoms with Crippen LogP contribution < -0.4 is 4.74 Å². The number of hydrogen-bond acceptors (Lipinski definition) is 2. The summed E-state index contributed by atoms with van der Waals surface area (Å²) in [7, 11) is 0. The Balaban J connectivity index is 1.68. The van der Waals surface area contributed by atoms with Gasteiger partial charge in [0.05, 0.1) is 0 Å². The van der Waals surface area contributed by atoms with Gasteiger partial charge in [0, 0.05) is 0 Å². The molecular weight excluding hydrogens is 355 g/mol. The molecule has 0 radical (unpaired) electrons. The fraction of sp³-hybridized carbons (Fsp3) is 0.0417. The number of hydrogen-bond donors (Lipinski definition) is 1. The largest absolute Gasteiger partial charge is 0.488 e. The highest BCUT2D eigenvalue weighted by molar-refractivity contribution is 5.92. The van der Waals surface area contributed by atoms with Crippen molar-refractivity contribution in [3.63, 3.8) is 0 Å². The highest BCUT2D eigenvalue weighted by Gasteiger charge is 2.14. The fourth-order valence-corrected chi connectivity index (χ4v) is 3.21. The monoisotopic (exact) mass is 372 g/mol. The van der Waals surface area contributed by atoms with Gasteiger partial charge in [-0.3, -0.25) is 0 Å². The van der Waals surface area contributed by atoms with Crippen LogP contribution in [0.3, 0.4) is 0 Å². The molecule has 0 saturated carbocycles. The van der Waals surface area contributed by atoms with E-state index in [-0.39, 0.29) is 23.7 Å². The van der Waals surface area contributed by atoms with Crippen molar-refractivity contribution in [3.05, 3.63) is 102 Å². The van der Waals surface area contributed by atoms with E-state index in [1.165, 1.54) is 18.2 Å². The lowest BCUT2D eigenvalue weighted by molar-refractivity contribution is 0.0692. The van der Waals surface area contributed by atoms with Gasteiger partial charge in [0.1, 0.15) is 23.7 Å². The van der Waals surface area contributed by atoms with E-state index in [9.17, 15) is 14.3 Å². The number of ether oxygens (including phenoxy) is 1. The Bertz CT molecular complexity index is 1140. The number of benzene rings is 4. The van der Waals surface area contributed by atoms with Crippen molar-refractivity contribution in [3.8, 4) is 16.9 Å². The predicted octanol–water partition coefficient (Wildman–Crippen LogP) is 5.92. The third kappa shape index (κ3) is 3.58. The molecule has 0 unspecified atom stereocenters. The molecule has 138 valence electrons. The van der Waals surface area contributed by atoms with Gasteiger partial charge in [-0.25, -0.2) is 9.18 Å². The van der Waals surface area contributed by atoms with E-state index in [1.54, 1.807) is 24.3 Å². The minimum absolute atomic E-state index is 0.0890. The average Bonchev–Trinajstić information content (AvgIpc) is 2.72. The molecule has 1 N–H and O–H groups in total. The standard InChI is InChI=1S/C24H17FO3/c25-20-11-8-16(9-12-20)18-10-13-22(24(26)27)23(14-18)28-15-19-6-3-5-17-4-1-2-7-21(17)19/h1-14H,15H2,(H,26,27). The minimum atomic E-state index is -1.06. The molecule has 4 heteroatoms. The summed E-state index contributed by atoms with van der Waals surface area (Å²) in [5, 5.41) is 11.7. The minimum Gasteiger partial charge on any atom is -0.488 e. The van der Waals surface area contributed by atoms with Gasteiger partial charge in [-0.2, -0.15) is 0 Å². The highest BCUT2D eigenvalue weighted by atomic mass is 19.1. The van der Waals surface area contributed by atoms with E-state index in [0.717, 1.165) is 27.5 Å². The Morgan fingerprint density at radius 3 is 2.36 bits per heavy atom. The number of aromatic carboxylic acids is 1. The third-order valence-electron chi connectivity index (χ3n) is 4.65. The quantitative estimate of drug-likeness (QED) is 0.473. The fourth-order valence-electron chi connectivity index (χ4n) is 3.21. The second-order valence-corrected chi connectivity index (χ2v) is 6.45. The number of carbonyl (C=O) groups is 1. The van der Waals surface area contributed by atoms with Gasteiger partial charge in [0.25, 0.3) is 0 Å². The maximum absolute atomic E-state index is 13.2. The third-order valence-corrected chi connectivity index (χ3v) is 4.65. The molecule has 4 aromatic carbocycles. The Morgan fingerprint density at radius 2 is 1.57 bits per heavy atom. The van der Waals surface area contributed by atoms with Gasteiger partial charge < -0.3 is 9.84 Å². The molecular formula is C24H17FO3. The number of fused-ring (bicyclic) bond motifs is 1. The number of carboxylic acids is 1. The predicted molar refractivity (Wildman–Crippen MR) is 107 cm³/mol. The number of halogens is 1. The topological polar surface area (TPSA) is 46.5 Å². The van der Waals surface area contributed by atoms with Crippen LogP contribution >= 0.6 is 0 Å². The van der Waals surface area contributed by atoms with E-state index < -0.39 is 5.97 Å². The van der Waals surface area contributed by atoms with Crippen molar-refractivity contribution in [1.82, 2.24) is 0 Å². The lowest BCUT2D eigenvalue weighted by Gasteiger charge is -2.13. The molecule has 0 aliphatic carbocycles. The Morgan fingerprint density at radius 1 is 0.857 bits per heavy atom. The lowest BCUT2D eigenvalue weighted by Crippen LogP contribution is -2.04. The Hall–Kier alpha value is -3.66. The van der Waals surface area contributed by atoms with E-state index in [2.05, 4.69) is 0 Å². The summed E-state index contributed by atoms with van der Waals surface area (Å²) in [6, 6.07) is 24.9. The van der Waals surface area contributed by atoms with Crippen molar-refractivity contribution in [2.75, 3.05) is 0 Å². The summed E-state index contributed by atoms with van der Waals surface area (Å²) in [5.74, 6) is -1.10. The van der Waals surface area contributed by atoms with Gasteiger partial charge in [-0.1, -0.05) is 60.7 Å². The molecule has 0 bridgehead atoms. The first-order chi connectivity index (χ1) is 13.6. The number of rotatable bonds is 5. The van der Waals surface area contributed by atoms with Crippen molar-refractivity contribution < 1.29 is 19.0 Å². The first-order valence-electron chi connectivity index (χ1n) is 8.84. The molecule has 0 aliphatic heterocycles. The van der Waals surface area contributed by atoms with E-state index in [4.69, 9.17) is 4.74 Å². The molecule has 0 aromatic heterocycles. The van der Waals surface area contributed by atoms with Crippen LogP contribution in [0.5, 0.6) is 5.75 Å². The molecule has 0 fully saturated rings. The van der Waals surface area contributed by atoms with Crippen molar-refractivity contribution in [2.24, 2.45) is 0 Å². The lowest BCUT2D eigenvalue weighted by atomic mass is 10.0. The second kappa shape index (κ2) is 7.53. The second-order valence-electron chi connectivity index (χ2n) is 6.45. The molecule has 4 aromatic rings. The summed E-state index contributed by atoms with van der Waals surface area (Å²) in [6.07, 6.45) is 0. The molecule has 0 spiro atoms. The maximum atomic E-state index is 13.2. The van der Waals surface area contributed by atoms with Crippen LogP contribution in [0, 0.1) is 5.82 Å². The molecule has 3 nitrogen and oxygen atoms in total. The number of carboxylic acid groups (broad SMARTS) is 1. The zero-order valence-electron chi connectivity index (χ0n) is 14.9. The van der Waals surface area contributed by atoms with Crippen molar-refractivity contribution >= 4 is 16.7 Å². The van der Waals surface area contributed by atoms with E-state index in [1.807, 2.05) is 42.5 Å². The molecule has 4 rings (SSSR count). The summed E-state index contributed by atoms with van der Waals surface area (Å²) in [4.78, 5) is 11.6. The average molecular weight is 372 g/mol. The van der Waals surface area contributed by atoms with Gasteiger partial charge in [-0.05, 0) is 51.7 Å². The summed E-state index contributed by atoms with van der Waals surface area (Å²) in [6.45, 7) is 0.245. The zero-order valence-corrected chi connectivity index (χ0v) is 14.9. The zero-order chi connectivity index (χ0) is 19.5. The van der Waals surface area contributed by atoms with Gasteiger partial charge in [0.15, 0.2) is 0 Å². The first kappa shape index (κ1) is 17.7. The van der Waals surface area contributed by atoms with Gasteiger partial charge in [0.2, 0.25) is 0 Å². The maximum Gasteiger partial charge on any atom is 0.339 e. The molecule has 0 amide bonds. The SMILES string of the molecule is O=C(O)c1ccc(-c2ccc(F)cc2)cc1OCc1cccc2ccccc12. The Labute approximate surface area is 161 Å². The Kier molecular flexibility index (Phi) is 4.77. The molecule has 0 atom stereocenters. The van der Waals surface area contributed by atoms with Crippen LogP contribution in [-0.4, -0.2) is 11.1 Å². The van der Waals surface area contributed by atoms with Crippen molar-refractivity contribution in [2.45, 2.75) is 6.61 Å². The van der Waals surface area contributed by atoms with Crippen LogP contribution in [0.2, 0.25) is 0 Å². The molecule has 0 saturated heterocycles. The van der Waals surface area contributed by atoms with Crippen LogP contribution in [0.4, 0.5) is 4.39 Å². The van der Waals surface area contributed by atoms with E-state index >= 15 is 0 Å². The van der Waals surface area contributed by atoms with E-state index in [0.29, 0.717) is 0 Å². The summed E-state index contributed by atoms with van der Waals surface area (Å²) < 4.78 is 19.1. The van der Waals surface area contributed by atoms with Crippen LogP contribution in [0.1, 0.15) is 15.9 Å². The van der Waals surface area contributed by atoms with Gasteiger partial charge >= 0.3 is 5.97 Å². The summed E-state index contributed by atoms with van der Waals surface area (Å²) in [5.41, 5.74) is 2.61. The van der Waals surface area contributed by atoms with Crippen LogP contribution in [0.25, 0.3) is 21.9 Å². The van der Waals surface area contributed by atoms with Crippen LogP contribution in [-0.2, 0) is 6.61 Å². The molecule has 28 heavy (non-hydrogen) atoms. The van der Waals surface area contributed by atoms with Crippen molar-refractivity contribution in [1.29, 1.82) is 0 Å². The van der Waals surface area contributed by atoms with Gasteiger partial charge in [-0.15, -0.1) is 0 Å². The highest BCUT2D eigenvalue weighted by Crippen LogP contribution is 2.29. The molecule has 0 aliphatic rings. The normalized spacial score (nSPS) is 10.8.